The predicted molar refractivity (Wildman–Crippen MR) is 124 cm³/mol. The van der Waals surface area contributed by atoms with Gasteiger partial charge >= 0.3 is 0 Å². The van der Waals surface area contributed by atoms with Gasteiger partial charge in [-0.05, 0) is 49.4 Å². The van der Waals surface area contributed by atoms with Crippen molar-refractivity contribution in [1.29, 1.82) is 0 Å². The lowest BCUT2D eigenvalue weighted by atomic mass is 9.94. The molecule has 34 heavy (non-hydrogen) atoms. The molecule has 2 aromatic rings. The Morgan fingerprint density at radius 3 is 2.56 bits per heavy atom. The maximum Gasteiger partial charge on any atom is 0.255 e. The Labute approximate surface area is 197 Å². The van der Waals surface area contributed by atoms with Crippen LogP contribution in [0.2, 0.25) is 0 Å². The van der Waals surface area contributed by atoms with Crippen molar-refractivity contribution in [2.45, 2.75) is 62.8 Å². The molecule has 2 aromatic carbocycles. The van der Waals surface area contributed by atoms with Gasteiger partial charge in [-0.15, -0.1) is 0 Å². The maximum atomic E-state index is 13.1. The van der Waals surface area contributed by atoms with E-state index in [9.17, 15) is 14.4 Å². The quantitative estimate of drug-likeness (QED) is 0.710. The highest BCUT2D eigenvalue weighted by Crippen LogP contribution is 2.46. The molecular formula is C26H27N3O5. The highest BCUT2D eigenvalue weighted by Gasteiger charge is 2.47. The van der Waals surface area contributed by atoms with Crippen molar-refractivity contribution in [3.05, 3.63) is 53.6 Å². The average molecular weight is 462 g/mol. The van der Waals surface area contributed by atoms with Gasteiger partial charge < -0.3 is 25.0 Å². The van der Waals surface area contributed by atoms with Crippen LogP contribution in [-0.4, -0.2) is 41.0 Å². The summed E-state index contributed by atoms with van der Waals surface area (Å²) in [4.78, 5) is 40.1. The lowest BCUT2D eigenvalue weighted by Crippen LogP contribution is -2.42. The summed E-state index contributed by atoms with van der Waals surface area (Å²) in [6.45, 7) is -0.192. The topological polar surface area (TPSA) is 97.0 Å². The van der Waals surface area contributed by atoms with Gasteiger partial charge in [0.25, 0.3) is 11.7 Å². The van der Waals surface area contributed by atoms with Gasteiger partial charge in [-0.2, -0.15) is 0 Å². The highest BCUT2D eigenvalue weighted by atomic mass is 16.7. The van der Waals surface area contributed by atoms with Crippen molar-refractivity contribution < 1.29 is 23.9 Å². The number of hydrogen-bond donors (Lipinski definition) is 2. The van der Waals surface area contributed by atoms with Crippen LogP contribution in [0.4, 0.5) is 5.69 Å². The normalized spacial score (nSPS) is 21.9. The summed E-state index contributed by atoms with van der Waals surface area (Å²) in [5, 5.41) is 5.53. The summed E-state index contributed by atoms with van der Waals surface area (Å²) in [6.07, 6.45) is 6.86. The molecule has 8 heteroatoms. The van der Waals surface area contributed by atoms with E-state index in [4.69, 9.17) is 9.47 Å². The van der Waals surface area contributed by atoms with Crippen LogP contribution in [0.25, 0.3) is 0 Å². The minimum atomic E-state index is -0.693. The molecule has 0 aromatic heterocycles. The molecular weight excluding hydrogens is 434 g/mol. The van der Waals surface area contributed by atoms with E-state index in [1.165, 1.54) is 6.42 Å². The number of nitrogens with one attached hydrogen (secondary N) is 2. The molecule has 3 amide bonds. The number of carbonyl (C=O) groups is 3. The lowest BCUT2D eigenvalue weighted by Gasteiger charge is -2.31. The molecule has 4 aliphatic rings. The third kappa shape index (κ3) is 3.67. The van der Waals surface area contributed by atoms with E-state index < -0.39 is 11.8 Å². The molecule has 0 radical (unpaired) electrons. The first-order chi connectivity index (χ1) is 16.5. The van der Waals surface area contributed by atoms with Crippen LogP contribution < -0.4 is 20.1 Å². The van der Waals surface area contributed by atoms with Gasteiger partial charge in [0, 0.05) is 36.2 Å². The molecule has 2 fully saturated rings. The number of hydrogen-bond acceptors (Lipinski definition) is 5. The third-order valence-corrected chi connectivity index (χ3v) is 7.05. The van der Waals surface area contributed by atoms with Crippen LogP contribution >= 0.6 is 0 Å². The zero-order valence-corrected chi connectivity index (χ0v) is 18.8. The van der Waals surface area contributed by atoms with Crippen molar-refractivity contribution in [2.24, 2.45) is 0 Å². The number of amides is 3. The second-order valence-corrected chi connectivity index (χ2v) is 9.54. The predicted octanol–water partition coefficient (Wildman–Crippen LogP) is 3.53. The number of nitrogens with zero attached hydrogens (tertiary/aromatic N) is 1. The molecule has 2 aliphatic heterocycles. The summed E-state index contributed by atoms with van der Waals surface area (Å²) in [7, 11) is 0. The van der Waals surface area contributed by atoms with E-state index in [0.29, 0.717) is 28.3 Å². The number of ether oxygens (including phenoxy) is 2. The van der Waals surface area contributed by atoms with Gasteiger partial charge in [0.2, 0.25) is 11.8 Å². The lowest BCUT2D eigenvalue weighted by molar-refractivity contribution is -0.127. The van der Waals surface area contributed by atoms with Crippen LogP contribution in [0.5, 0.6) is 11.5 Å². The van der Waals surface area contributed by atoms with E-state index in [2.05, 4.69) is 10.6 Å². The van der Waals surface area contributed by atoms with Gasteiger partial charge in [-0.1, -0.05) is 24.6 Å². The van der Waals surface area contributed by atoms with Gasteiger partial charge in [0.1, 0.15) is 6.04 Å². The Balaban J connectivity index is 1.09. The van der Waals surface area contributed by atoms with Crippen LogP contribution in [0.15, 0.2) is 42.5 Å². The summed E-state index contributed by atoms with van der Waals surface area (Å²) in [5.74, 6) is -0.0540. The second kappa shape index (κ2) is 8.04. The number of benzene rings is 2. The van der Waals surface area contributed by atoms with Gasteiger partial charge in [0.15, 0.2) is 11.5 Å². The zero-order valence-electron chi connectivity index (χ0n) is 18.8. The third-order valence-electron chi connectivity index (χ3n) is 7.05. The number of rotatable bonds is 5. The molecule has 2 N–H and O–H groups in total. The molecule has 6 rings (SSSR count). The van der Waals surface area contributed by atoms with Gasteiger partial charge in [-0.3, -0.25) is 14.4 Å². The van der Waals surface area contributed by atoms with Crippen LogP contribution in [0.3, 0.4) is 0 Å². The van der Waals surface area contributed by atoms with Crippen molar-refractivity contribution in [1.82, 2.24) is 10.2 Å². The smallest absolute Gasteiger partial charge is 0.255 e. The summed E-state index contributed by atoms with van der Waals surface area (Å²) in [5.41, 5.74) is 1.84. The fraction of sp³-hybridized carbons (Fsp3) is 0.423. The zero-order chi connectivity index (χ0) is 23.3. The van der Waals surface area contributed by atoms with Gasteiger partial charge in [0.05, 0.1) is 6.54 Å². The Bertz CT molecular complexity index is 1170. The summed E-state index contributed by atoms with van der Waals surface area (Å²) >= 11 is 0. The minimum Gasteiger partial charge on any atom is -0.448 e. The summed E-state index contributed by atoms with van der Waals surface area (Å²) < 4.78 is 12.2. The number of fused-ring (bicyclic) bond motifs is 2. The Morgan fingerprint density at radius 1 is 1.00 bits per heavy atom. The molecule has 2 heterocycles. The Morgan fingerprint density at radius 2 is 1.76 bits per heavy atom. The maximum absolute atomic E-state index is 13.1. The molecule has 8 nitrogen and oxygen atoms in total. The molecule has 1 unspecified atom stereocenters. The average Bonchev–Trinajstić information content (AvgIpc) is 3.56. The molecule has 0 bridgehead atoms. The molecule has 2 saturated carbocycles. The monoisotopic (exact) mass is 461 g/mol. The fourth-order valence-electron chi connectivity index (χ4n) is 5.27. The van der Waals surface area contributed by atoms with Crippen LogP contribution in [0, 0.1) is 0 Å². The largest absolute Gasteiger partial charge is 0.448 e. The van der Waals surface area contributed by atoms with E-state index in [1.54, 1.807) is 29.2 Å². The van der Waals surface area contributed by atoms with Crippen LogP contribution in [-0.2, 0) is 9.59 Å². The van der Waals surface area contributed by atoms with Crippen molar-refractivity contribution in [3.8, 4) is 11.5 Å². The standard InChI is InChI=1S/C26H27N3O5/c30-22(28-16-8-11-20-21(14-16)34-26(33-20)12-4-1-5-13-26)15-27-24(31)23-18-6-2-3-7-19(18)25(32)29(23)17-9-10-17/h2-3,6-8,11,14,17,23H,1,4-5,9-10,12-13,15H2,(H,27,31)(H,28,30). The molecule has 1 spiro atoms. The first kappa shape index (κ1) is 21.0. The van der Waals surface area contributed by atoms with E-state index in [1.807, 2.05) is 18.2 Å². The molecule has 0 saturated heterocycles. The summed E-state index contributed by atoms with van der Waals surface area (Å²) in [6, 6.07) is 11.9. The molecule has 2 aliphatic carbocycles. The number of anilines is 1. The van der Waals surface area contributed by atoms with E-state index >= 15 is 0 Å². The Kier molecular flexibility index (Phi) is 4.97. The second-order valence-electron chi connectivity index (χ2n) is 9.54. The van der Waals surface area contributed by atoms with Gasteiger partial charge in [-0.25, -0.2) is 0 Å². The fourth-order valence-corrected chi connectivity index (χ4v) is 5.27. The first-order valence-electron chi connectivity index (χ1n) is 12.0. The first-order valence-corrected chi connectivity index (χ1v) is 12.0. The minimum absolute atomic E-state index is 0.0885. The molecule has 1 atom stereocenters. The number of carbonyl (C=O) groups excluding carboxylic acids is 3. The van der Waals surface area contributed by atoms with E-state index in [0.717, 1.165) is 38.5 Å². The molecule has 176 valence electrons. The van der Waals surface area contributed by atoms with E-state index in [-0.39, 0.29) is 30.3 Å². The van der Waals surface area contributed by atoms with Crippen molar-refractivity contribution in [2.75, 3.05) is 11.9 Å². The highest BCUT2D eigenvalue weighted by molar-refractivity contribution is 6.05. The van der Waals surface area contributed by atoms with Crippen molar-refractivity contribution >= 4 is 23.4 Å². The Hall–Kier alpha value is -3.55. The van der Waals surface area contributed by atoms with Crippen molar-refractivity contribution in [3.63, 3.8) is 0 Å². The SMILES string of the molecule is O=C(CNC(=O)C1c2ccccc2C(=O)N1C1CC1)Nc1ccc2c(c1)OC1(CCCCC1)O2. The van der Waals surface area contributed by atoms with Crippen LogP contribution in [0.1, 0.15) is 66.9 Å².